The minimum absolute atomic E-state index is 0.474. The zero-order valence-corrected chi connectivity index (χ0v) is 9.15. The average Bonchev–Trinajstić information content (AvgIpc) is 2.70. The van der Waals surface area contributed by atoms with E-state index in [2.05, 4.69) is 9.97 Å². The Balaban J connectivity index is 2.61. The van der Waals surface area contributed by atoms with E-state index in [9.17, 15) is 4.79 Å². The van der Waals surface area contributed by atoms with E-state index in [1.54, 1.807) is 7.11 Å². The zero-order valence-electron chi connectivity index (χ0n) is 9.15. The van der Waals surface area contributed by atoms with Crippen LogP contribution in [0.5, 0.6) is 5.75 Å². The predicted octanol–water partition coefficient (Wildman–Crippen LogP) is 2.21. The minimum Gasteiger partial charge on any atom is -0.496 e. The molecule has 1 aromatic carbocycles. The second kappa shape index (κ2) is 4.18. The van der Waals surface area contributed by atoms with Crippen molar-refractivity contribution in [2.75, 3.05) is 7.11 Å². The van der Waals surface area contributed by atoms with Crippen LogP contribution in [0.25, 0.3) is 11.3 Å². The van der Waals surface area contributed by atoms with Crippen LogP contribution >= 0.6 is 0 Å². The van der Waals surface area contributed by atoms with E-state index >= 15 is 0 Å². The molecule has 2 rings (SSSR count). The summed E-state index contributed by atoms with van der Waals surface area (Å²) in [4.78, 5) is 18.1. The predicted molar refractivity (Wildman–Crippen MR) is 60.7 cm³/mol. The number of rotatable bonds is 3. The summed E-state index contributed by atoms with van der Waals surface area (Å²) >= 11 is 0. The van der Waals surface area contributed by atoms with Gasteiger partial charge in [-0.3, -0.25) is 4.79 Å². The van der Waals surface area contributed by atoms with Gasteiger partial charge in [0.15, 0.2) is 6.29 Å². The highest BCUT2D eigenvalue weighted by atomic mass is 16.5. The van der Waals surface area contributed by atoms with E-state index in [1.165, 1.54) is 0 Å². The van der Waals surface area contributed by atoms with Crippen LogP contribution in [0.3, 0.4) is 0 Å². The Labute approximate surface area is 93.3 Å². The number of nitrogens with zero attached hydrogens (tertiary/aromatic N) is 1. The number of aryl methyl sites for hydroxylation is 1. The number of aromatic amines is 1. The molecule has 0 aliphatic rings. The molecule has 0 fully saturated rings. The van der Waals surface area contributed by atoms with Crippen molar-refractivity contribution in [2.24, 2.45) is 0 Å². The fourth-order valence-electron chi connectivity index (χ4n) is 1.64. The van der Waals surface area contributed by atoms with Crippen LogP contribution in [0, 0.1) is 6.92 Å². The van der Waals surface area contributed by atoms with Crippen LogP contribution in [0.2, 0.25) is 0 Å². The van der Waals surface area contributed by atoms with Gasteiger partial charge >= 0.3 is 0 Å². The van der Waals surface area contributed by atoms with Crippen molar-refractivity contribution >= 4 is 6.29 Å². The standard InChI is InChI=1S/C12H12N2O2/c1-8-13-10(7-15)12(14-8)9-5-3-4-6-11(9)16-2/h3-7H,1-2H3,(H,13,14). The van der Waals surface area contributed by atoms with Crippen LogP contribution in [-0.4, -0.2) is 23.4 Å². The molecule has 4 heteroatoms. The molecule has 4 nitrogen and oxygen atoms in total. The lowest BCUT2D eigenvalue weighted by Gasteiger charge is -2.05. The maximum Gasteiger partial charge on any atom is 0.168 e. The third kappa shape index (κ3) is 1.69. The second-order valence-electron chi connectivity index (χ2n) is 3.40. The number of methoxy groups -OCH3 is 1. The Morgan fingerprint density at radius 2 is 2.12 bits per heavy atom. The molecule has 16 heavy (non-hydrogen) atoms. The van der Waals surface area contributed by atoms with Crippen LogP contribution in [0.15, 0.2) is 24.3 Å². The Bertz CT molecular complexity index is 517. The number of benzene rings is 1. The van der Waals surface area contributed by atoms with Gasteiger partial charge in [-0.25, -0.2) is 4.98 Å². The number of hydrogen-bond acceptors (Lipinski definition) is 3. The monoisotopic (exact) mass is 216 g/mol. The first-order chi connectivity index (χ1) is 7.76. The van der Waals surface area contributed by atoms with Gasteiger partial charge in [-0.05, 0) is 19.1 Å². The molecule has 0 bridgehead atoms. The van der Waals surface area contributed by atoms with Gasteiger partial charge in [0.2, 0.25) is 0 Å². The number of aldehydes is 1. The molecule has 0 spiro atoms. The van der Waals surface area contributed by atoms with E-state index in [-0.39, 0.29) is 0 Å². The molecule has 0 saturated heterocycles. The lowest BCUT2D eigenvalue weighted by molar-refractivity contribution is 0.112. The summed E-state index contributed by atoms with van der Waals surface area (Å²) in [6.07, 6.45) is 0.766. The summed E-state index contributed by atoms with van der Waals surface area (Å²) in [5.41, 5.74) is 1.92. The molecule has 2 aromatic rings. The SMILES string of the molecule is COc1ccccc1-c1nc(C)[nH]c1C=O. The summed E-state index contributed by atoms with van der Waals surface area (Å²) in [6.45, 7) is 1.81. The molecule has 0 unspecified atom stereocenters. The molecule has 0 saturated carbocycles. The number of nitrogens with one attached hydrogen (secondary N) is 1. The largest absolute Gasteiger partial charge is 0.496 e. The Morgan fingerprint density at radius 3 is 2.81 bits per heavy atom. The summed E-state index contributed by atoms with van der Waals surface area (Å²) < 4.78 is 5.24. The molecule has 0 radical (unpaired) electrons. The number of para-hydroxylation sites is 1. The first-order valence-electron chi connectivity index (χ1n) is 4.91. The second-order valence-corrected chi connectivity index (χ2v) is 3.40. The van der Waals surface area contributed by atoms with Crippen molar-refractivity contribution in [2.45, 2.75) is 6.92 Å². The van der Waals surface area contributed by atoms with Crippen LogP contribution < -0.4 is 4.74 Å². The smallest absolute Gasteiger partial charge is 0.168 e. The fraction of sp³-hybridized carbons (Fsp3) is 0.167. The molecule has 1 heterocycles. The van der Waals surface area contributed by atoms with Crippen molar-refractivity contribution in [3.05, 3.63) is 35.8 Å². The molecule has 1 aromatic heterocycles. The molecular weight excluding hydrogens is 204 g/mol. The molecule has 0 atom stereocenters. The first kappa shape index (κ1) is 10.4. The van der Waals surface area contributed by atoms with Crippen molar-refractivity contribution in [3.63, 3.8) is 0 Å². The van der Waals surface area contributed by atoms with Gasteiger partial charge in [0.05, 0.1) is 7.11 Å². The fourth-order valence-corrected chi connectivity index (χ4v) is 1.64. The van der Waals surface area contributed by atoms with Gasteiger partial charge < -0.3 is 9.72 Å². The van der Waals surface area contributed by atoms with Crippen LogP contribution in [0.1, 0.15) is 16.3 Å². The lowest BCUT2D eigenvalue weighted by atomic mass is 10.1. The highest BCUT2D eigenvalue weighted by molar-refractivity contribution is 5.85. The quantitative estimate of drug-likeness (QED) is 0.800. The van der Waals surface area contributed by atoms with Gasteiger partial charge in [0.1, 0.15) is 23.0 Å². The Kier molecular flexibility index (Phi) is 2.72. The van der Waals surface area contributed by atoms with E-state index in [0.29, 0.717) is 23.0 Å². The number of ether oxygens (including phenoxy) is 1. The number of aromatic nitrogens is 2. The minimum atomic E-state index is 0.474. The van der Waals surface area contributed by atoms with Gasteiger partial charge in [0.25, 0.3) is 0 Å². The highest BCUT2D eigenvalue weighted by Gasteiger charge is 2.13. The maximum atomic E-state index is 10.9. The summed E-state index contributed by atoms with van der Waals surface area (Å²) in [5, 5.41) is 0. The first-order valence-corrected chi connectivity index (χ1v) is 4.91. The molecule has 0 amide bonds. The number of imidazole rings is 1. The average molecular weight is 216 g/mol. The summed E-state index contributed by atoms with van der Waals surface area (Å²) in [7, 11) is 1.60. The summed E-state index contributed by atoms with van der Waals surface area (Å²) in [5.74, 6) is 1.42. The molecule has 1 N–H and O–H groups in total. The normalized spacial score (nSPS) is 10.1. The van der Waals surface area contributed by atoms with Gasteiger partial charge in [0, 0.05) is 5.56 Å². The molecule has 82 valence electrons. The van der Waals surface area contributed by atoms with Crippen molar-refractivity contribution in [1.29, 1.82) is 0 Å². The number of carbonyl (C=O) groups is 1. The van der Waals surface area contributed by atoms with Gasteiger partial charge in [-0.2, -0.15) is 0 Å². The molecule has 0 aliphatic carbocycles. The Hall–Kier alpha value is -2.10. The maximum absolute atomic E-state index is 10.9. The third-order valence-corrected chi connectivity index (χ3v) is 2.33. The molecular formula is C12H12N2O2. The van der Waals surface area contributed by atoms with E-state index in [0.717, 1.165) is 11.8 Å². The van der Waals surface area contributed by atoms with Crippen LogP contribution in [0.4, 0.5) is 0 Å². The topological polar surface area (TPSA) is 55.0 Å². The Morgan fingerprint density at radius 1 is 1.38 bits per heavy atom. The number of carbonyl (C=O) groups excluding carboxylic acids is 1. The summed E-state index contributed by atoms with van der Waals surface area (Å²) in [6, 6.07) is 7.48. The van der Waals surface area contributed by atoms with Crippen molar-refractivity contribution in [3.8, 4) is 17.0 Å². The zero-order chi connectivity index (χ0) is 11.5. The van der Waals surface area contributed by atoms with Crippen molar-refractivity contribution < 1.29 is 9.53 Å². The van der Waals surface area contributed by atoms with Gasteiger partial charge in [-0.1, -0.05) is 12.1 Å². The van der Waals surface area contributed by atoms with E-state index in [1.807, 2.05) is 31.2 Å². The lowest BCUT2D eigenvalue weighted by Crippen LogP contribution is -1.90. The van der Waals surface area contributed by atoms with Crippen LogP contribution in [-0.2, 0) is 0 Å². The number of H-pyrrole nitrogens is 1. The van der Waals surface area contributed by atoms with Crippen molar-refractivity contribution in [1.82, 2.24) is 9.97 Å². The molecule has 0 aliphatic heterocycles. The number of hydrogen-bond donors (Lipinski definition) is 1. The highest BCUT2D eigenvalue weighted by Crippen LogP contribution is 2.29. The third-order valence-electron chi connectivity index (χ3n) is 2.33. The van der Waals surface area contributed by atoms with Gasteiger partial charge in [-0.15, -0.1) is 0 Å². The van der Waals surface area contributed by atoms with E-state index in [4.69, 9.17) is 4.74 Å². The van der Waals surface area contributed by atoms with E-state index < -0.39 is 0 Å².